The number of aromatic amines is 1. The van der Waals surface area contributed by atoms with Crippen molar-refractivity contribution < 1.29 is 27.7 Å². The first kappa shape index (κ1) is 24.5. The highest BCUT2D eigenvalue weighted by atomic mass is 32.2. The molecule has 3 rings (SSSR count). The minimum Gasteiger partial charge on any atom is -0.480 e. The molecule has 0 bridgehead atoms. The van der Waals surface area contributed by atoms with Crippen LogP contribution in [0, 0.1) is 0 Å². The van der Waals surface area contributed by atoms with Gasteiger partial charge in [0.15, 0.2) is 11.2 Å². The Kier molecular flexibility index (Phi) is 7.07. The Balaban J connectivity index is 1.68. The maximum atomic E-state index is 12.4. The van der Waals surface area contributed by atoms with Crippen LogP contribution in [0.5, 0.6) is 0 Å². The van der Waals surface area contributed by atoms with E-state index < -0.39 is 45.8 Å². The molecule has 0 radical (unpaired) electrons. The van der Waals surface area contributed by atoms with Crippen molar-refractivity contribution in [3.8, 4) is 0 Å². The molecule has 15 heteroatoms. The van der Waals surface area contributed by atoms with Crippen molar-refractivity contribution in [1.82, 2.24) is 25.3 Å². The van der Waals surface area contributed by atoms with Gasteiger partial charge < -0.3 is 21.1 Å². The number of H-pyrrole nitrogens is 1. The lowest BCUT2D eigenvalue weighted by atomic mass is 10.1. The lowest BCUT2D eigenvalue weighted by Gasteiger charge is -2.19. The number of nitrogens with one attached hydrogen (secondary N) is 2. The molecule has 0 aliphatic rings. The van der Waals surface area contributed by atoms with Crippen molar-refractivity contribution in [3.63, 3.8) is 0 Å². The van der Waals surface area contributed by atoms with Crippen molar-refractivity contribution in [2.24, 2.45) is 0 Å². The largest absolute Gasteiger partial charge is 0.480 e. The quantitative estimate of drug-likeness (QED) is 0.237. The van der Waals surface area contributed by atoms with Crippen molar-refractivity contribution in [1.29, 1.82) is 0 Å². The number of nitrogen functional groups attached to an aromatic ring is 1. The molecular weight excluding hydrogens is 470 g/mol. The fraction of sp³-hybridized carbons (Fsp3) is 0.263. The van der Waals surface area contributed by atoms with Crippen LogP contribution in [0.25, 0.3) is 11.2 Å². The molecule has 180 valence electrons. The molecular formula is C19H21N7O7S. The summed E-state index contributed by atoms with van der Waals surface area (Å²) in [5.41, 5.74) is 6.47. The number of nitrogens with two attached hydrogens (primary N) is 1. The summed E-state index contributed by atoms with van der Waals surface area (Å²) < 4.78 is 30.5. The van der Waals surface area contributed by atoms with Gasteiger partial charge in [0.05, 0.1) is 24.2 Å². The Bertz CT molecular complexity index is 1390. The number of carboxylic acid groups (broad SMARTS) is 1. The number of hydrogen-bond acceptors (Lipinski definition) is 10. The standard InChI is InChI=1S/C19H21N7O7S/c1-26(9-11-8-21-15-14(22-11)17(28)25-19(20)24-15)12-4-2-10(3-5-12)16(27)23-13(18(29)30)6-7-34(31,32)33/h2-5,8,13H,6-7,9H2,1H3,(H,23,27)(H,29,30)(H,31,32,33)(H3,20,21,24,25,28)/t13-/m0/s1. The summed E-state index contributed by atoms with van der Waals surface area (Å²) in [6.45, 7) is 0.273. The van der Waals surface area contributed by atoms with Gasteiger partial charge in [-0.05, 0) is 30.7 Å². The third-order valence-electron chi connectivity index (χ3n) is 4.72. The topological polar surface area (TPSA) is 222 Å². The maximum absolute atomic E-state index is 12.4. The number of anilines is 2. The zero-order valence-electron chi connectivity index (χ0n) is 17.8. The van der Waals surface area contributed by atoms with E-state index in [9.17, 15) is 27.9 Å². The van der Waals surface area contributed by atoms with Crippen molar-refractivity contribution in [2.75, 3.05) is 23.4 Å². The van der Waals surface area contributed by atoms with Crippen LogP contribution in [0.3, 0.4) is 0 Å². The van der Waals surface area contributed by atoms with Gasteiger partial charge >= 0.3 is 5.97 Å². The molecule has 1 amide bonds. The molecule has 2 aromatic heterocycles. The van der Waals surface area contributed by atoms with Gasteiger partial charge in [-0.3, -0.25) is 19.1 Å². The van der Waals surface area contributed by atoms with E-state index in [4.69, 9.17) is 10.3 Å². The highest BCUT2D eigenvalue weighted by Crippen LogP contribution is 2.16. The van der Waals surface area contributed by atoms with Gasteiger partial charge in [-0.15, -0.1) is 0 Å². The number of nitrogens with zero attached hydrogens (tertiary/aromatic N) is 4. The van der Waals surface area contributed by atoms with E-state index >= 15 is 0 Å². The minimum absolute atomic E-state index is 0.0501. The van der Waals surface area contributed by atoms with E-state index in [-0.39, 0.29) is 29.2 Å². The van der Waals surface area contributed by atoms with Gasteiger partial charge in [0.2, 0.25) is 5.95 Å². The smallest absolute Gasteiger partial charge is 0.326 e. The molecule has 3 aromatic rings. The molecule has 0 spiro atoms. The van der Waals surface area contributed by atoms with Gasteiger partial charge in [0, 0.05) is 18.3 Å². The monoisotopic (exact) mass is 491 g/mol. The van der Waals surface area contributed by atoms with E-state index in [1.807, 2.05) is 0 Å². The number of rotatable bonds is 9. The van der Waals surface area contributed by atoms with Crippen LogP contribution < -0.4 is 21.5 Å². The summed E-state index contributed by atoms with van der Waals surface area (Å²) in [6, 6.07) is 4.67. The number of amides is 1. The number of benzene rings is 1. The number of aliphatic carboxylic acids is 1. The maximum Gasteiger partial charge on any atom is 0.326 e. The first-order valence-electron chi connectivity index (χ1n) is 9.74. The fourth-order valence-corrected chi connectivity index (χ4v) is 3.55. The van der Waals surface area contributed by atoms with Crippen molar-refractivity contribution in [3.05, 3.63) is 52.1 Å². The van der Waals surface area contributed by atoms with Crippen LogP contribution in [0.1, 0.15) is 22.5 Å². The predicted molar refractivity (Wildman–Crippen MR) is 121 cm³/mol. The first-order chi connectivity index (χ1) is 15.9. The van der Waals surface area contributed by atoms with Gasteiger partial charge in [-0.25, -0.2) is 14.8 Å². The summed E-state index contributed by atoms with van der Waals surface area (Å²) in [5, 5.41) is 11.4. The van der Waals surface area contributed by atoms with Crippen molar-refractivity contribution >= 4 is 44.8 Å². The zero-order chi connectivity index (χ0) is 25.0. The third kappa shape index (κ3) is 6.23. The van der Waals surface area contributed by atoms with E-state index in [0.29, 0.717) is 11.4 Å². The number of hydrogen-bond donors (Lipinski definition) is 5. The Labute approximate surface area is 192 Å². The summed E-state index contributed by atoms with van der Waals surface area (Å²) >= 11 is 0. The Hall–Kier alpha value is -4.11. The highest BCUT2D eigenvalue weighted by molar-refractivity contribution is 7.85. The lowest BCUT2D eigenvalue weighted by molar-refractivity contribution is -0.139. The molecule has 0 aliphatic heterocycles. The summed E-state index contributed by atoms with van der Waals surface area (Å²) in [4.78, 5) is 52.1. The molecule has 0 saturated heterocycles. The normalized spacial score (nSPS) is 12.3. The SMILES string of the molecule is CN(Cc1cnc2nc(N)[nH]c(=O)c2n1)c1ccc(C(=O)N[C@@H](CCS(=O)(=O)O)C(=O)O)cc1. The molecule has 2 heterocycles. The Morgan fingerprint density at radius 3 is 2.53 bits per heavy atom. The van der Waals surface area contributed by atoms with Gasteiger partial charge in [0.25, 0.3) is 21.6 Å². The molecule has 6 N–H and O–H groups in total. The molecule has 34 heavy (non-hydrogen) atoms. The van der Waals surface area contributed by atoms with Crippen LogP contribution in [0.4, 0.5) is 11.6 Å². The molecule has 1 aromatic carbocycles. The van der Waals surface area contributed by atoms with Gasteiger partial charge in [0.1, 0.15) is 6.04 Å². The number of fused-ring (bicyclic) bond motifs is 1. The van der Waals surface area contributed by atoms with Crippen LogP contribution in [0.2, 0.25) is 0 Å². The number of carboxylic acids is 1. The number of carbonyl (C=O) groups is 2. The second-order valence-electron chi connectivity index (χ2n) is 7.33. The third-order valence-corrected chi connectivity index (χ3v) is 5.48. The lowest BCUT2D eigenvalue weighted by Crippen LogP contribution is -2.41. The first-order valence-corrected chi connectivity index (χ1v) is 11.4. The fourth-order valence-electron chi connectivity index (χ4n) is 3.01. The van der Waals surface area contributed by atoms with E-state index in [1.54, 1.807) is 24.1 Å². The minimum atomic E-state index is -4.37. The number of aromatic nitrogens is 4. The van der Waals surface area contributed by atoms with Crippen LogP contribution in [-0.2, 0) is 21.5 Å². The molecule has 0 saturated carbocycles. The molecule has 1 atom stereocenters. The molecule has 14 nitrogen and oxygen atoms in total. The predicted octanol–water partition coefficient (Wildman–Crippen LogP) is -0.607. The van der Waals surface area contributed by atoms with E-state index in [0.717, 1.165) is 0 Å². The average Bonchev–Trinajstić information content (AvgIpc) is 2.76. The van der Waals surface area contributed by atoms with E-state index in [2.05, 4.69) is 25.3 Å². The van der Waals surface area contributed by atoms with Crippen LogP contribution in [-0.4, -0.2) is 68.7 Å². The van der Waals surface area contributed by atoms with Crippen molar-refractivity contribution in [2.45, 2.75) is 19.0 Å². The molecule has 0 fully saturated rings. The summed E-state index contributed by atoms with van der Waals surface area (Å²) in [6.07, 6.45) is 0.976. The van der Waals surface area contributed by atoms with Gasteiger partial charge in [-0.2, -0.15) is 13.4 Å². The zero-order valence-corrected chi connectivity index (χ0v) is 18.6. The van der Waals surface area contributed by atoms with Crippen LogP contribution >= 0.6 is 0 Å². The Morgan fingerprint density at radius 2 is 1.91 bits per heavy atom. The molecule has 0 aliphatic carbocycles. The number of carbonyl (C=O) groups excluding carboxylic acids is 1. The molecule has 0 unspecified atom stereocenters. The Morgan fingerprint density at radius 1 is 1.24 bits per heavy atom. The average molecular weight is 491 g/mol. The highest BCUT2D eigenvalue weighted by Gasteiger charge is 2.23. The van der Waals surface area contributed by atoms with Crippen LogP contribution in [0.15, 0.2) is 35.3 Å². The second kappa shape index (κ2) is 9.80. The van der Waals surface area contributed by atoms with Gasteiger partial charge in [-0.1, -0.05) is 0 Å². The second-order valence-corrected chi connectivity index (χ2v) is 8.90. The van der Waals surface area contributed by atoms with E-state index in [1.165, 1.54) is 18.3 Å². The summed E-state index contributed by atoms with van der Waals surface area (Å²) in [7, 11) is -2.62. The summed E-state index contributed by atoms with van der Waals surface area (Å²) in [5.74, 6) is -3.01.